The number of imide groups is 1. The fraction of sp³-hybridized carbons (Fsp3) is 0.276. The van der Waals surface area contributed by atoms with Gasteiger partial charge in [0.05, 0.1) is 17.5 Å². The van der Waals surface area contributed by atoms with E-state index in [0.717, 1.165) is 16.7 Å². The molecule has 3 aromatic rings. The van der Waals surface area contributed by atoms with Crippen LogP contribution in [0.5, 0.6) is 0 Å². The highest BCUT2D eigenvalue weighted by Gasteiger charge is 2.70. The van der Waals surface area contributed by atoms with Crippen molar-refractivity contribution in [2.45, 2.75) is 31.3 Å². The van der Waals surface area contributed by atoms with E-state index in [1.54, 1.807) is 6.07 Å². The van der Waals surface area contributed by atoms with E-state index in [1.165, 1.54) is 4.90 Å². The number of hydrogen-bond donors (Lipinski definition) is 2. The molecule has 0 radical (unpaired) electrons. The molecule has 2 N–H and O–H groups in total. The van der Waals surface area contributed by atoms with Gasteiger partial charge in [-0.1, -0.05) is 78.3 Å². The number of carbonyl (C=O) groups excluding carboxylic acids is 3. The van der Waals surface area contributed by atoms with Crippen molar-refractivity contribution in [1.82, 2.24) is 10.2 Å². The maximum atomic E-state index is 13.9. The van der Waals surface area contributed by atoms with E-state index in [4.69, 9.17) is 11.6 Å². The van der Waals surface area contributed by atoms with E-state index in [1.807, 2.05) is 73.7 Å². The molecule has 3 aliphatic heterocycles. The highest BCUT2D eigenvalue weighted by molar-refractivity contribution is 6.32. The van der Waals surface area contributed by atoms with Gasteiger partial charge < -0.3 is 5.32 Å². The van der Waals surface area contributed by atoms with E-state index in [2.05, 4.69) is 10.6 Å². The van der Waals surface area contributed by atoms with E-state index in [-0.39, 0.29) is 30.3 Å². The van der Waals surface area contributed by atoms with Gasteiger partial charge in [0.1, 0.15) is 5.54 Å². The molecule has 7 heteroatoms. The summed E-state index contributed by atoms with van der Waals surface area (Å²) >= 11 is 6.36. The molecule has 1 spiro atoms. The number of nitrogens with one attached hydrogen (secondary N) is 2. The molecule has 6 rings (SSSR count). The van der Waals surface area contributed by atoms with Gasteiger partial charge in [-0.25, -0.2) is 0 Å². The van der Waals surface area contributed by atoms with Crippen molar-refractivity contribution in [3.8, 4) is 0 Å². The molecule has 3 aromatic carbocycles. The van der Waals surface area contributed by atoms with Crippen molar-refractivity contribution in [3.05, 3.63) is 100 Å². The number of benzene rings is 3. The summed E-state index contributed by atoms with van der Waals surface area (Å²) in [5.41, 5.74) is 2.84. The summed E-state index contributed by atoms with van der Waals surface area (Å²) in [4.78, 5) is 42.8. The van der Waals surface area contributed by atoms with Gasteiger partial charge in [0, 0.05) is 23.2 Å². The van der Waals surface area contributed by atoms with Crippen molar-refractivity contribution in [2.75, 3.05) is 11.9 Å². The van der Waals surface area contributed by atoms with Crippen LogP contribution in [0.2, 0.25) is 5.02 Å². The maximum Gasteiger partial charge on any atom is 0.250 e. The number of hydrogen-bond acceptors (Lipinski definition) is 4. The van der Waals surface area contributed by atoms with Crippen LogP contribution in [0.3, 0.4) is 0 Å². The Hall–Kier alpha value is -3.48. The van der Waals surface area contributed by atoms with E-state index >= 15 is 0 Å². The molecule has 3 amide bonds. The predicted molar refractivity (Wildman–Crippen MR) is 137 cm³/mol. The van der Waals surface area contributed by atoms with Gasteiger partial charge in [-0.2, -0.15) is 0 Å². The highest BCUT2D eigenvalue weighted by atomic mass is 35.5. The van der Waals surface area contributed by atoms with Gasteiger partial charge in [-0.05, 0) is 42.5 Å². The Kier molecular flexibility index (Phi) is 5.47. The molecule has 0 aliphatic carbocycles. The zero-order valence-corrected chi connectivity index (χ0v) is 20.6. The third kappa shape index (κ3) is 3.32. The lowest BCUT2D eigenvalue weighted by atomic mass is 9.76. The van der Waals surface area contributed by atoms with Gasteiger partial charge in [0.15, 0.2) is 0 Å². The lowest BCUT2D eigenvalue weighted by Gasteiger charge is -2.29. The Labute approximate surface area is 214 Å². The SMILES string of the molecule is Cc1c(Cl)ccc2c1NC(=O)[C@]21N[C@@H](Cc2ccccc2)[C@H]2C(=O)N(CCc3ccccc3)C(=O)[C@H]21. The Morgan fingerprint density at radius 1 is 0.889 bits per heavy atom. The molecular formula is C29H26ClN3O3. The number of fused-ring (bicyclic) bond motifs is 4. The van der Waals surface area contributed by atoms with Crippen LogP contribution in [0.15, 0.2) is 72.8 Å². The Morgan fingerprint density at radius 3 is 2.25 bits per heavy atom. The monoisotopic (exact) mass is 499 g/mol. The van der Waals surface area contributed by atoms with Crippen LogP contribution < -0.4 is 10.6 Å². The standard InChI is InChI=1S/C29H26ClN3O3/c1-17-21(30)13-12-20-25(17)31-28(36)29(20)24-23(22(32-29)16-19-10-6-3-7-11-19)26(34)33(27(24)35)15-14-18-8-4-2-5-9-18/h2-13,22-24,32H,14-16H2,1H3,(H,31,36)/t22-,23+,24-,29-/m0/s1. The average Bonchev–Trinajstić information content (AvgIpc) is 3.46. The largest absolute Gasteiger partial charge is 0.324 e. The van der Waals surface area contributed by atoms with Crippen LogP contribution in [0.1, 0.15) is 22.3 Å². The summed E-state index contributed by atoms with van der Waals surface area (Å²) in [5, 5.41) is 7.02. The van der Waals surface area contributed by atoms with Crippen molar-refractivity contribution in [1.29, 1.82) is 0 Å². The van der Waals surface area contributed by atoms with Gasteiger partial charge in [-0.3, -0.25) is 24.6 Å². The summed E-state index contributed by atoms with van der Waals surface area (Å²) in [5.74, 6) is -2.27. The number of amides is 3. The number of rotatable bonds is 5. The third-order valence-electron chi connectivity index (χ3n) is 7.94. The molecular weight excluding hydrogens is 474 g/mol. The Balaban J connectivity index is 1.42. The molecule has 0 aromatic heterocycles. The number of anilines is 1. The quantitative estimate of drug-likeness (QED) is 0.523. The summed E-state index contributed by atoms with van der Waals surface area (Å²) in [6.07, 6.45) is 1.10. The van der Waals surface area contributed by atoms with Crippen LogP contribution in [-0.2, 0) is 32.8 Å². The topological polar surface area (TPSA) is 78.5 Å². The molecule has 3 aliphatic rings. The van der Waals surface area contributed by atoms with Crippen LogP contribution in [0, 0.1) is 18.8 Å². The lowest BCUT2D eigenvalue weighted by molar-refractivity contribution is -0.142. The van der Waals surface area contributed by atoms with E-state index in [9.17, 15) is 14.4 Å². The molecule has 4 atom stereocenters. The average molecular weight is 500 g/mol. The zero-order valence-electron chi connectivity index (χ0n) is 19.8. The van der Waals surface area contributed by atoms with Crippen molar-refractivity contribution in [3.63, 3.8) is 0 Å². The molecule has 2 saturated heterocycles. The Bertz CT molecular complexity index is 1380. The van der Waals surface area contributed by atoms with Crippen LogP contribution in [0.4, 0.5) is 5.69 Å². The van der Waals surface area contributed by atoms with Gasteiger partial charge in [0.2, 0.25) is 17.7 Å². The smallest absolute Gasteiger partial charge is 0.250 e. The van der Waals surface area contributed by atoms with E-state index < -0.39 is 17.4 Å². The second-order valence-corrected chi connectivity index (χ2v) is 10.3. The van der Waals surface area contributed by atoms with Crippen molar-refractivity contribution < 1.29 is 14.4 Å². The zero-order chi connectivity index (χ0) is 25.0. The molecule has 36 heavy (non-hydrogen) atoms. The first-order valence-corrected chi connectivity index (χ1v) is 12.6. The molecule has 2 fully saturated rings. The Morgan fingerprint density at radius 2 is 1.56 bits per heavy atom. The fourth-order valence-electron chi connectivity index (χ4n) is 6.20. The summed E-state index contributed by atoms with van der Waals surface area (Å²) in [6.45, 7) is 2.14. The highest BCUT2D eigenvalue weighted by Crippen LogP contribution is 2.54. The van der Waals surface area contributed by atoms with Gasteiger partial charge in [0.25, 0.3) is 0 Å². The second kappa shape index (κ2) is 8.57. The van der Waals surface area contributed by atoms with Crippen molar-refractivity contribution in [2.24, 2.45) is 11.8 Å². The number of likely N-dealkylation sites (tertiary alicyclic amines) is 1. The number of halogens is 1. The number of carbonyl (C=O) groups is 3. The maximum absolute atomic E-state index is 13.9. The first kappa shape index (κ1) is 23.0. The molecule has 0 unspecified atom stereocenters. The summed E-state index contributed by atoms with van der Waals surface area (Å²) in [6, 6.07) is 22.8. The molecule has 182 valence electrons. The first-order chi connectivity index (χ1) is 17.4. The second-order valence-electron chi connectivity index (χ2n) is 9.86. The fourth-order valence-corrected chi connectivity index (χ4v) is 6.36. The van der Waals surface area contributed by atoms with Gasteiger partial charge >= 0.3 is 0 Å². The minimum atomic E-state index is -1.32. The van der Waals surface area contributed by atoms with Crippen LogP contribution in [0.25, 0.3) is 0 Å². The molecule has 0 saturated carbocycles. The van der Waals surface area contributed by atoms with Crippen LogP contribution in [-0.4, -0.2) is 35.2 Å². The van der Waals surface area contributed by atoms with Crippen molar-refractivity contribution >= 4 is 35.0 Å². The first-order valence-electron chi connectivity index (χ1n) is 12.2. The minimum Gasteiger partial charge on any atom is -0.324 e. The lowest BCUT2D eigenvalue weighted by Crippen LogP contribution is -2.53. The third-order valence-corrected chi connectivity index (χ3v) is 8.35. The predicted octanol–water partition coefficient (Wildman–Crippen LogP) is 3.85. The number of nitrogens with zero attached hydrogens (tertiary/aromatic N) is 1. The molecule has 0 bridgehead atoms. The minimum absolute atomic E-state index is 0.210. The summed E-state index contributed by atoms with van der Waals surface area (Å²) in [7, 11) is 0. The van der Waals surface area contributed by atoms with Crippen LogP contribution >= 0.6 is 11.6 Å². The normalized spacial score (nSPS) is 26.4. The summed E-state index contributed by atoms with van der Waals surface area (Å²) < 4.78 is 0. The van der Waals surface area contributed by atoms with E-state index in [0.29, 0.717) is 29.1 Å². The van der Waals surface area contributed by atoms with Gasteiger partial charge in [-0.15, -0.1) is 0 Å². The molecule has 3 heterocycles. The molecule has 6 nitrogen and oxygen atoms in total.